The minimum absolute atomic E-state index is 0.0222. The predicted molar refractivity (Wildman–Crippen MR) is 139 cm³/mol. The summed E-state index contributed by atoms with van der Waals surface area (Å²) in [6.45, 7) is 1.82. The van der Waals surface area contributed by atoms with Gasteiger partial charge in [0.1, 0.15) is 16.7 Å². The summed E-state index contributed by atoms with van der Waals surface area (Å²) in [7, 11) is 1.60. The van der Waals surface area contributed by atoms with Crippen LogP contribution in [0.25, 0.3) is 5.69 Å². The van der Waals surface area contributed by atoms with Gasteiger partial charge in [-0.3, -0.25) is 9.69 Å². The Balaban J connectivity index is 1.72. The van der Waals surface area contributed by atoms with Crippen LogP contribution in [0, 0.1) is 18.3 Å². The van der Waals surface area contributed by atoms with Crippen LogP contribution in [0.4, 0.5) is 5.69 Å². The molecule has 3 aromatic rings. The fraction of sp³-hybridized carbons (Fsp3) is 0.222. The van der Waals surface area contributed by atoms with Crippen molar-refractivity contribution in [2.45, 2.75) is 32.1 Å². The fourth-order valence-electron chi connectivity index (χ4n) is 5.02. The zero-order chi connectivity index (χ0) is 25.6. The first-order valence-corrected chi connectivity index (χ1v) is 12.2. The molecule has 0 saturated heterocycles. The zero-order valence-electron chi connectivity index (χ0n) is 19.8. The molecule has 182 valence electrons. The Morgan fingerprint density at radius 3 is 2.56 bits per heavy atom. The maximum atomic E-state index is 13.4. The molecule has 0 radical (unpaired) electrons. The highest BCUT2D eigenvalue weighted by Gasteiger charge is 2.42. The van der Waals surface area contributed by atoms with Crippen LogP contribution in [0.2, 0.25) is 10.2 Å². The van der Waals surface area contributed by atoms with E-state index in [9.17, 15) is 10.1 Å². The number of aryl methyl sites for hydroxylation is 1. The number of methoxy groups -OCH3 is 1. The van der Waals surface area contributed by atoms with Gasteiger partial charge in [0.2, 0.25) is 0 Å². The third-order valence-electron chi connectivity index (χ3n) is 6.63. The monoisotopic (exact) mass is 519 g/mol. The first-order valence-electron chi connectivity index (χ1n) is 11.5. The number of hydrogen-bond acceptors (Lipinski definition) is 6. The molecule has 0 bridgehead atoms. The number of nitrogens with two attached hydrogens (primary N) is 1. The summed E-state index contributed by atoms with van der Waals surface area (Å²) >= 11 is 13.1. The normalized spacial score (nSPS) is 17.8. The average Bonchev–Trinajstić information content (AvgIpc) is 3.17. The van der Waals surface area contributed by atoms with Crippen LogP contribution in [0.3, 0.4) is 0 Å². The molecular formula is C27H23Cl2N5O2. The van der Waals surface area contributed by atoms with Crippen LogP contribution in [0.5, 0.6) is 5.75 Å². The summed E-state index contributed by atoms with van der Waals surface area (Å²) in [5.41, 5.74) is 10.9. The molecule has 0 spiro atoms. The standard InChI is InChI=1S/C27H23Cl2N5O2/c1-15-23(26(29)34(32-15)18-6-3-5-16(28)13-18)24-20(14-30)27(31)33(17-9-11-19(36-2)12-10-17)21-7-4-8-22(35)25(21)24/h3,5-6,9-13,24H,4,7-8,31H2,1-2H3. The molecule has 2 N–H and O–H groups in total. The topological polar surface area (TPSA) is 97.2 Å². The molecule has 2 aliphatic rings. The summed E-state index contributed by atoms with van der Waals surface area (Å²) in [6.07, 6.45) is 1.73. The van der Waals surface area contributed by atoms with E-state index in [0.29, 0.717) is 57.7 Å². The molecule has 1 atom stereocenters. The van der Waals surface area contributed by atoms with Crippen LogP contribution in [-0.4, -0.2) is 22.7 Å². The van der Waals surface area contributed by atoms with Gasteiger partial charge < -0.3 is 10.5 Å². The van der Waals surface area contributed by atoms with E-state index in [-0.39, 0.29) is 17.2 Å². The molecular weight excluding hydrogens is 497 g/mol. The molecule has 0 amide bonds. The number of Topliss-reactive ketones (excluding diaryl/α,β-unsaturated/α-hetero) is 1. The minimum atomic E-state index is -0.715. The van der Waals surface area contributed by atoms with Gasteiger partial charge in [-0.2, -0.15) is 10.4 Å². The lowest BCUT2D eigenvalue weighted by atomic mass is 9.75. The molecule has 7 nitrogen and oxygen atoms in total. The minimum Gasteiger partial charge on any atom is -0.497 e. The number of nitriles is 1. The molecule has 5 rings (SSSR count). The Labute approximate surface area is 219 Å². The number of ether oxygens (including phenoxy) is 1. The van der Waals surface area contributed by atoms with Crippen LogP contribution >= 0.6 is 23.2 Å². The number of benzene rings is 2. The quantitative estimate of drug-likeness (QED) is 0.467. The van der Waals surface area contributed by atoms with Gasteiger partial charge in [-0.05, 0) is 62.2 Å². The van der Waals surface area contributed by atoms with E-state index in [1.54, 1.807) is 23.9 Å². The van der Waals surface area contributed by atoms with E-state index < -0.39 is 5.92 Å². The number of hydrogen-bond donors (Lipinski definition) is 1. The molecule has 0 fully saturated rings. The molecule has 2 aromatic carbocycles. The van der Waals surface area contributed by atoms with E-state index in [0.717, 1.165) is 11.4 Å². The molecule has 1 unspecified atom stereocenters. The summed E-state index contributed by atoms with van der Waals surface area (Å²) in [5, 5.41) is 15.8. The second kappa shape index (κ2) is 9.38. The van der Waals surface area contributed by atoms with Gasteiger partial charge in [0.15, 0.2) is 5.78 Å². The van der Waals surface area contributed by atoms with Crippen molar-refractivity contribution < 1.29 is 9.53 Å². The van der Waals surface area contributed by atoms with E-state index >= 15 is 0 Å². The van der Waals surface area contributed by atoms with Gasteiger partial charge in [0, 0.05) is 34.0 Å². The summed E-state index contributed by atoms with van der Waals surface area (Å²) in [5.74, 6) is 0.229. The van der Waals surface area contributed by atoms with Gasteiger partial charge in [-0.15, -0.1) is 0 Å². The SMILES string of the molecule is COc1ccc(N2C(N)=C(C#N)C(c3c(C)nn(-c4cccc(Cl)c4)c3Cl)C3=C2CCCC3=O)cc1. The van der Waals surface area contributed by atoms with E-state index in [1.165, 1.54) is 0 Å². The number of allylic oxidation sites excluding steroid dienone is 3. The van der Waals surface area contributed by atoms with E-state index in [2.05, 4.69) is 11.2 Å². The predicted octanol–water partition coefficient (Wildman–Crippen LogP) is 5.80. The molecule has 9 heteroatoms. The van der Waals surface area contributed by atoms with Crippen molar-refractivity contribution in [2.24, 2.45) is 5.73 Å². The maximum absolute atomic E-state index is 13.4. The number of carbonyl (C=O) groups excluding carboxylic acids is 1. The first kappa shape index (κ1) is 24.0. The van der Waals surface area contributed by atoms with Crippen LogP contribution in [0.15, 0.2) is 71.2 Å². The first-order chi connectivity index (χ1) is 17.3. The van der Waals surface area contributed by atoms with Crippen LogP contribution < -0.4 is 15.4 Å². The highest BCUT2D eigenvalue weighted by molar-refractivity contribution is 6.31. The Kier molecular flexibility index (Phi) is 6.25. The Hall–Kier alpha value is -3.73. The highest BCUT2D eigenvalue weighted by Crippen LogP contribution is 2.48. The van der Waals surface area contributed by atoms with Crippen molar-refractivity contribution in [1.29, 1.82) is 5.26 Å². The van der Waals surface area contributed by atoms with Gasteiger partial charge in [0.05, 0.1) is 36.1 Å². The van der Waals surface area contributed by atoms with Gasteiger partial charge >= 0.3 is 0 Å². The van der Waals surface area contributed by atoms with Gasteiger partial charge in [-0.1, -0.05) is 29.3 Å². The van der Waals surface area contributed by atoms with Crippen molar-refractivity contribution in [2.75, 3.05) is 12.0 Å². The highest BCUT2D eigenvalue weighted by atomic mass is 35.5. The number of carbonyl (C=O) groups is 1. The van der Waals surface area contributed by atoms with Crippen LogP contribution in [-0.2, 0) is 4.79 Å². The largest absolute Gasteiger partial charge is 0.497 e. The Morgan fingerprint density at radius 2 is 1.89 bits per heavy atom. The van der Waals surface area contributed by atoms with Crippen LogP contribution in [0.1, 0.15) is 36.4 Å². The second-order valence-electron chi connectivity index (χ2n) is 8.70. The average molecular weight is 520 g/mol. The molecule has 36 heavy (non-hydrogen) atoms. The zero-order valence-corrected chi connectivity index (χ0v) is 21.3. The lowest BCUT2D eigenvalue weighted by Gasteiger charge is -2.39. The lowest BCUT2D eigenvalue weighted by Crippen LogP contribution is -2.38. The summed E-state index contributed by atoms with van der Waals surface area (Å²) in [6, 6.07) is 16.8. The molecule has 1 aliphatic heterocycles. The third-order valence-corrected chi connectivity index (χ3v) is 7.23. The van der Waals surface area contributed by atoms with Crippen molar-refractivity contribution in [3.8, 4) is 17.5 Å². The van der Waals surface area contributed by atoms with Crippen molar-refractivity contribution in [3.63, 3.8) is 0 Å². The molecule has 1 aliphatic carbocycles. The number of ketones is 1. The second-order valence-corrected chi connectivity index (χ2v) is 9.49. The molecule has 2 heterocycles. The van der Waals surface area contributed by atoms with Gasteiger partial charge in [0.25, 0.3) is 0 Å². The lowest BCUT2D eigenvalue weighted by molar-refractivity contribution is -0.116. The number of aromatic nitrogens is 2. The van der Waals surface area contributed by atoms with E-state index in [4.69, 9.17) is 33.7 Å². The Bertz CT molecular complexity index is 1480. The number of anilines is 1. The maximum Gasteiger partial charge on any atom is 0.161 e. The van der Waals surface area contributed by atoms with Crippen molar-refractivity contribution in [1.82, 2.24) is 9.78 Å². The number of nitrogens with zero attached hydrogens (tertiary/aromatic N) is 4. The smallest absolute Gasteiger partial charge is 0.161 e. The van der Waals surface area contributed by atoms with Crippen molar-refractivity contribution >= 4 is 34.7 Å². The third kappa shape index (κ3) is 3.83. The van der Waals surface area contributed by atoms with Gasteiger partial charge in [-0.25, -0.2) is 4.68 Å². The Morgan fingerprint density at radius 1 is 1.14 bits per heavy atom. The summed E-state index contributed by atoms with van der Waals surface area (Å²) < 4.78 is 6.86. The summed E-state index contributed by atoms with van der Waals surface area (Å²) in [4.78, 5) is 15.2. The van der Waals surface area contributed by atoms with Crippen molar-refractivity contribution in [3.05, 3.63) is 92.6 Å². The molecule has 1 aromatic heterocycles. The van der Waals surface area contributed by atoms with E-state index in [1.807, 2.05) is 48.2 Å². The molecule has 0 saturated carbocycles. The fourth-order valence-corrected chi connectivity index (χ4v) is 5.59. The number of halogens is 2. The number of rotatable bonds is 4.